The summed E-state index contributed by atoms with van der Waals surface area (Å²) in [5, 5.41) is 3.09. The van der Waals surface area contributed by atoms with E-state index in [4.69, 9.17) is 0 Å². The topological polar surface area (TPSA) is 29.1 Å². The molecule has 2 bridgehead atoms. The van der Waals surface area contributed by atoms with Crippen LogP contribution in [0.2, 0.25) is 0 Å². The van der Waals surface area contributed by atoms with Crippen LogP contribution in [-0.4, -0.2) is 11.9 Å². The number of benzene rings is 1. The highest BCUT2D eigenvalue weighted by Gasteiger charge is 2.39. The molecule has 100 valence electrons. The molecule has 19 heavy (non-hydrogen) atoms. The number of nitrogens with one attached hydrogen (secondary N) is 1. The highest BCUT2D eigenvalue weighted by atomic mass is 19.1. The van der Waals surface area contributed by atoms with E-state index >= 15 is 0 Å². The number of rotatable bonds is 3. The zero-order chi connectivity index (χ0) is 13.2. The smallest absolute Gasteiger partial charge is 0.244 e. The molecular formula is C16H18FNO. The summed E-state index contributed by atoms with van der Waals surface area (Å²) in [5.41, 5.74) is 0.837. The average Bonchev–Trinajstić information content (AvgIpc) is 3.00. The lowest BCUT2D eigenvalue weighted by molar-refractivity contribution is -0.117. The van der Waals surface area contributed by atoms with E-state index in [2.05, 4.69) is 5.32 Å². The van der Waals surface area contributed by atoms with Crippen molar-refractivity contribution >= 4 is 12.0 Å². The molecular weight excluding hydrogens is 241 g/mol. The van der Waals surface area contributed by atoms with E-state index in [1.807, 2.05) is 0 Å². The average molecular weight is 259 g/mol. The normalized spacial score (nSPS) is 29.0. The van der Waals surface area contributed by atoms with Gasteiger partial charge in [0.15, 0.2) is 0 Å². The molecule has 2 aliphatic carbocycles. The summed E-state index contributed by atoms with van der Waals surface area (Å²) in [4.78, 5) is 11.8. The maximum Gasteiger partial charge on any atom is 0.244 e. The van der Waals surface area contributed by atoms with Gasteiger partial charge in [-0.2, -0.15) is 0 Å². The molecule has 3 atom stereocenters. The van der Waals surface area contributed by atoms with Crippen LogP contribution in [-0.2, 0) is 4.79 Å². The predicted octanol–water partition coefficient (Wildman–Crippen LogP) is 3.14. The van der Waals surface area contributed by atoms with E-state index in [1.54, 1.807) is 24.3 Å². The third kappa shape index (κ3) is 2.86. The van der Waals surface area contributed by atoms with Gasteiger partial charge in [-0.3, -0.25) is 4.79 Å². The second kappa shape index (κ2) is 5.16. The Hall–Kier alpha value is -1.64. The van der Waals surface area contributed by atoms with Gasteiger partial charge < -0.3 is 5.32 Å². The molecule has 1 aromatic rings. The molecule has 1 amide bonds. The molecule has 3 heteroatoms. The number of carbonyl (C=O) groups excluding carboxylic acids is 1. The highest BCUT2D eigenvalue weighted by molar-refractivity contribution is 5.91. The Kier molecular flexibility index (Phi) is 3.36. The molecule has 2 nitrogen and oxygen atoms in total. The van der Waals surface area contributed by atoms with Crippen LogP contribution in [0.3, 0.4) is 0 Å². The number of hydrogen-bond acceptors (Lipinski definition) is 1. The molecule has 0 heterocycles. The van der Waals surface area contributed by atoms with Gasteiger partial charge in [-0.1, -0.05) is 18.6 Å². The minimum absolute atomic E-state index is 0.0399. The summed E-state index contributed by atoms with van der Waals surface area (Å²) < 4.78 is 12.7. The Morgan fingerprint density at radius 1 is 1.21 bits per heavy atom. The Bertz CT molecular complexity index is 494. The highest BCUT2D eigenvalue weighted by Crippen LogP contribution is 2.44. The number of fused-ring (bicyclic) bond motifs is 2. The Morgan fingerprint density at radius 3 is 2.63 bits per heavy atom. The zero-order valence-electron chi connectivity index (χ0n) is 10.8. The fourth-order valence-corrected chi connectivity index (χ4v) is 3.40. The molecule has 2 aliphatic rings. The number of hydrogen-bond donors (Lipinski definition) is 1. The molecule has 0 aromatic heterocycles. The molecule has 0 spiro atoms. The molecule has 1 N–H and O–H groups in total. The summed E-state index contributed by atoms with van der Waals surface area (Å²) in [5.74, 6) is 1.22. The molecule has 2 saturated carbocycles. The van der Waals surface area contributed by atoms with Gasteiger partial charge in [0.2, 0.25) is 5.91 Å². The summed E-state index contributed by atoms with van der Waals surface area (Å²) in [6.07, 6.45) is 8.29. The van der Waals surface area contributed by atoms with Crippen molar-refractivity contribution in [1.82, 2.24) is 5.32 Å². The van der Waals surface area contributed by atoms with Crippen LogP contribution in [0.1, 0.15) is 31.2 Å². The van der Waals surface area contributed by atoms with Gasteiger partial charge in [-0.25, -0.2) is 4.39 Å². The second-order valence-electron chi connectivity index (χ2n) is 5.67. The fourth-order valence-electron chi connectivity index (χ4n) is 3.40. The minimum Gasteiger partial charge on any atom is -0.350 e. The van der Waals surface area contributed by atoms with E-state index in [1.165, 1.54) is 31.4 Å². The fraction of sp³-hybridized carbons (Fsp3) is 0.438. The zero-order valence-corrected chi connectivity index (χ0v) is 10.8. The maximum atomic E-state index is 12.7. The maximum absolute atomic E-state index is 12.7. The monoisotopic (exact) mass is 259 g/mol. The van der Waals surface area contributed by atoms with Gasteiger partial charge in [0.1, 0.15) is 5.82 Å². The molecule has 0 saturated heterocycles. The van der Waals surface area contributed by atoms with E-state index in [0.29, 0.717) is 12.0 Å². The first kappa shape index (κ1) is 12.4. The first-order chi connectivity index (χ1) is 9.20. The lowest BCUT2D eigenvalue weighted by Gasteiger charge is -2.22. The first-order valence-corrected chi connectivity index (χ1v) is 6.95. The Morgan fingerprint density at radius 2 is 2.00 bits per heavy atom. The third-order valence-corrected chi connectivity index (χ3v) is 4.36. The molecule has 2 fully saturated rings. The van der Waals surface area contributed by atoms with Crippen LogP contribution in [0, 0.1) is 17.7 Å². The quantitative estimate of drug-likeness (QED) is 0.830. The van der Waals surface area contributed by atoms with Crippen molar-refractivity contribution in [3.8, 4) is 0 Å². The third-order valence-electron chi connectivity index (χ3n) is 4.36. The Labute approximate surface area is 112 Å². The van der Waals surface area contributed by atoms with Gasteiger partial charge in [-0.05, 0) is 54.9 Å². The second-order valence-corrected chi connectivity index (χ2v) is 5.67. The summed E-state index contributed by atoms with van der Waals surface area (Å²) in [7, 11) is 0. The lowest BCUT2D eigenvalue weighted by Crippen LogP contribution is -2.37. The number of carbonyl (C=O) groups is 1. The van der Waals surface area contributed by atoms with Crippen molar-refractivity contribution in [2.45, 2.75) is 31.7 Å². The predicted molar refractivity (Wildman–Crippen MR) is 72.8 cm³/mol. The summed E-state index contributed by atoms with van der Waals surface area (Å²) >= 11 is 0. The van der Waals surface area contributed by atoms with E-state index in [9.17, 15) is 9.18 Å². The number of halogens is 1. The van der Waals surface area contributed by atoms with Crippen molar-refractivity contribution in [3.63, 3.8) is 0 Å². The summed E-state index contributed by atoms with van der Waals surface area (Å²) in [6, 6.07) is 6.48. The van der Waals surface area contributed by atoms with E-state index in [0.717, 1.165) is 17.9 Å². The molecule has 0 radical (unpaired) electrons. The van der Waals surface area contributed by atoms with Crippen LogP contribution in [0.4, 0.5) is 4.39 Å². The molecule has 3 rings (SSSR count). The van der Waals surface area contributed by atoms with Crippen LogP contribution in [0.5, 0.6) is 0 Å². The minimum atomic E-state index is -0.261. The van der Waals surface area contributed by atoms with Gasteiger partial charge >= 0.3 is 0 Å². The standard InChI is InChI=1S/C16H18FNO/c17-14-6-2-11(3-7-14)4-8-16(19)18-15-10-12-1-5-13(15)9-12/h2-4,6-8,12-13,15H,1,5,9-10H2,(H,18,19)/b8-4+/t12-,13+,15-/m0/s1. The lowest BCUT2D eigenvalue weighted by atomic mass is 9.95. The largest absolute Gasteiger partial charge is 0.350 e. The van der Waals surface area contributed by atoms with Crippen LogP contribution in [0.15, 0.2) is 30.3 Å². The van der Waals surface area contributed by atoms with Crippen LogP contribution >= 0.6 is 0 Å². The van der Waals surface area contributed by atoms with E-state index in [-0.39, 0.29) is 11.7 Å². The first-order valence-electron chi connectivity index (χ1n) is 6.95. The molecule has 0 aliphatic heterocycles. The number of amides is 1. The van der Waals surface area contributed by atoms with Gasteiger partial charge in [0.25, 0.3) is 0 Å². The van der Waals surface area contributed by atoms with Crippen molar-refractivity contribution in [2.24, 2.45) is 11.8 Å². The van der Waals surface area contributed by atoms with Crippen molar-refractivity contribution in [2.75, 3.05) is 0 Å². The van der Waals surface area contributed by atoms with Crippen LogP contribution in [0.25, 0.3) is 6.08 Å². The van der Waals surface area contributed by atoms with Gasteiger partial charge in [0.05, 0.1) is 0 Å². The molecule has 1 aromatic carbocycles. The van der Waals surface area contributed by atoms with Gasteiger partial charge in [0, 0.05) is 12.1 Å². The van der Waals surface area contributed by atoms with Crippen molar-refractivity contribution < 1.29 is 9.18 Å². The van der Waals surface area contributed by atoms with Crippen molar-refractivity contribution in [3.05, 3.63) is 41.7 Å². The van der Waals surface area contributed by atoms with Gasteiger partial charge in [-0.15, -0.1) is 0 Å². The van der Waals surface area contributed by atoms with Crippen LogP contribution < -0.4 is 5.32 Å². The summed E-state index contributed by atoms with van der Waals surface area (Å²) in [6.45, 7) is 0. The molecule has 0 unspecified atom stereocenters. The Balaban J connectivity index is 1.55. The van der Waals surface area contributed by atoms with Crippen molar-refractivity contribution in [1.29, 1.82) is 0 Å². The SMILES string of the molecule is O=C(/C=C/c1ccc(F)cc1)N[C@H]1C[C@H]2CC[C@@H]1C2. The van der Waals surface area contributed by atoms with E-state index < -0.39 is 0 Å².